The second kappa shape index (κ2) is 5.01. The van der Waals surface area contributed by atoms with E-state index in [0.717, 1.165) is 5.69 Å². The summed E-state index contributed by atoms with van der Waals surface area (Å²) in [4.78, 5) is 11.6. The van der Waals surface area contributed by atoms with Crippen molar-refractivity contribution >= 4 is 11.8 Å². The molecule has 0 bridgehead atoms. The van der Waals surface area contributed by atoms with Crippen LogP contribution in [-0.4, -0.2) is 11.7 Å². The van der Waals surface area contributed by atoms with Gasteiger partial charge in [0.05, 0.1) is 0 Å². The molecular formula is C13H19NO2. The molecule has 1 aromatic carbocycles. The van der Waals surface area contributed by atoms with Gasteiger partial charge in [0, 0.05) is 5.69 Å². The smallest absolute Gasteiger partial charge is 0.412 e. The Morgan fingerprint density at radius 2 is 1.81 bits per heavy atom. The molecule has 0 heterocycles. The summed E-state index contributed by atoms with van der Waals surface area (Å²) in [5, 5.41) is 2.69. The lowest BCUT2D eigenvalue weighted by Gasteiger charge is -2.29. The Morgan fingerprint density at radius 1 is 1.25 bits per heavy atom. The van der Waals surface area contributed by atoms with Crippen LogP contribution < -0.4 is 5.32 Å². The zero-order valence-corrected chi connectivity index (χ0v) is 10.3. The van der Waals surface area contributed by atoms with Crippen molar-refractivity contribution in [2.24, 2.45) is 5.92 Å². The van der Waals surface area contributed by atoms with E-state index in [9.17, 15) is 4.79 Å². The van der Waals surface area contributed by atoms with Crippen molar-refractivity contribution < 1.29 is 9.53 Å². The van der Waals surface area contributed by atoms with Gasteiger partial charge in [-0.2, -0.15) is 0 Å². The first-order valence-corrected chi connectivity index (χ1v) is 5.47. The average molecular weight is 221 g/mol. The Kier molecular flexibility index (Phi) is 3.93. The molecule has 0 atom stereocenters. The third kappa shape index (κ3) is 3.57. The van der Waals surface area contributed by atoms with Gasteiger partial charge in [-0.25, -0.2) is 4.79 Å². The van der Waals surface area contributed by atoms with Gasteiger partial charge in [-0.15, -0.1) is 0 Å². The molecule has 0 aliphatic heterocycles. The van der Waals surface area contributed by atoms with Crippen LogP contribution in [-0.2, 0) is 4.74 Å². The first-order chi connectivity index (χ1) is 7.42. The van der Waals surface area contributed by atoms with E-state index in [1.807, 2.05) is 58.0 Å². The molecule has 3 heteroatoms. The molecule has 0 aliphatic carbocycles. The predicted octanol–water partition coefficient (Wildman–Crippen LogP) is 3.67. The van der Waals surface area contributed by atoms with Crippen molar-refractivity contribution in [2.45, 2.75) is 33.3 Å². The van der Waals surface area contributed by atoms with Crippen molar-refractivity contribution in [3.63, 3.8) is 0 Å². The van der Waals surface area contributed by atoms with Gasteiger partial charge < -0.3 is 4.74 Å². The summed E-state index contributed by atoms with van der Waals surface area (Å²) in [6.45, 7) is 7.86. The molecule has 1 amide bonds. The Morgan fingerprint density at radius 3 is 2.31 bits per heavy atom. The highest BCUT2D eigenvalue weighted by Crippen LogP contribution is 2.21. The minimum atomic E-state index is -0.459. The van der Waals surface area contributed by atoms with E-state index in [-0.39, 0.29) is 5.92 Å². The normalized spacial score (nSPS) is 11.3. The zero-order valence-electron chi connectivity index (χ0n) is 10.3. The van der Waals surface area contributed by atoms with Crippen molar-refractivity contribution in [3.05, 3.63) is 30.3 Å². The minimum absolute atomic E-state index is 0.272. The first kappa shape index (κ1) is 12.6. The zero-order chi connectivity index (χ0) is 12.2. The van der Waals surface area contributed by atoms with Crippen LogP contribution in [0.1, 0.15) is 27.7 Å². The topological polar surface area (TPSA) is 38.3 Å². The number of ether oxygens (including phenoxy) is 1. The lowest BCUT2D eigenvalue weighted by Crippen LogP contribution is -2.35. The number of carbonyl (C=O) groups excluding carboxylic acids is 1. The predicted molar refractivity (Wildman–Crippen MR) is 65.5 cm³/mol. The van der Waals surface area contributed by atoms with E-state index in [0.29, 0.717) is 0 Å². The third-order valence-corrected chi connectivity index (χ3v) is 2.77. The SMILES string of the molecule is CC(C)C(C)(C)OC(=O)Nc1ccccc1. The molecule has 0 fully saturated rings. The molecule has 1 N–H and O–H groups in total. The van der Waals surface area contributed by atoms with Crippen LogP contribution in [0.2, 0.25) is 0 Å². The Balaban J connectivity index is 2.55. The van der Waals surface area contributed by atoms with Crippen LogP contribution >= 0.6 is 0 Å². The quantitative estimate of drug-likeness (QED) is 0.845. The highest BCUT2D eigenvalue weighted by atomic mass is 16.6. The van der Waals surface area contributed by atoms with Crippen LogP contribution in [0.5, 0.6) is 0 Å². The number of para-hydroxylation sites is 1. The van der Waals surface area contributed by atoms with E-state index in [1.165, 1.54) is 0 Å². The number of amides is 1. The van der Waals surface area contributed by atoms with Gasteiger partial charge >= 0.3 is 6.09 Å². The Hall–Kier alpha value is -1.51. The number of anilines is 1. The number of hydrogen-bond donors (Lipinski definition) is 1. The van der Waals surface area contributed by atoms with Crippen LogP contribution in [0.25, 0.3) is 0 Å². The largest absolute Gasteiger partial charge is 0.443 e. The van der Waals surface area contributed by atoms with Crippen molar-refractivity contribution in [3.8, 4) is 0 Å². The first-order valence-electron chi connectivity index (χ1n) is 5.47. The molecule has 0 aromatic heterocycles. The summed E-state index contributed by atoms with van der Waals surface area (Å²) in [6, 6.07) is 9.27. The van der Waals surface area contributed by atoms with Crippen molar-refractivity contribution in [2.75, 3.05) is 5.32 Å². The maximum Gasteiger partial charge on any atom is 0.412 e. The highest BCUT2D eigenvalue weighted by molar-refractivity contribution is 5.84. The molecule has 0 saturated carbocycles. The van der Waals surface area contributed by atoms with Crippen LogP contribution in [0.4, 0.5) is 10.5 Å². The fraction of sp³-hybridized carbons (Fsp3) is 0.462. The summed E-state index contributed by atoms with van der Waals surface area (Å²) >= 11 is 0. The molecule has 88 valence electrons. The molecule has 0 aliphatic rings. The summed E-state index contributed by atoms with van der Waals surface area (Å²) in [5.74, 6) is 0.272. The number of benzene rings is 1. The minimum Gasteiger partial charge on any atom is -0.443 e. The second-order valence-electron chi connectivity index (χ2n) is 4.64. The second-order valence-corrected chi connectivity index (χ2v) is 4.64. The molecule has 0 unspecified atom stereocenters. The van der Waals surface area contributed by atoms with Gasteiger partial charge in [-0.1, -0.05) is 32.0 Å². The monoisotopic (exact) mass is 221 g/mol. The van der Waals surface area contributed by atoms with E-state index in [1.54, 1.807) is 0 Å². The number of rotatable bonds is 3. The third-order valence-electron chi connectivity index (χ3n) is 2.77. The fourth-order valence-electron chi connectivity index (χ4n) is 1.02. The van der Waals surface area contributed by atoms with Gasteiger partial charge in [0.1, 0.15) is 5.60 Å². The average Bonchev–Trinajstić information content (AvgIpc) is 2.17. The van der Waals surface area contributed by atoms with Gasteiger partial charge in [-0.05, 0) is 31.9 Å². The molecule has 0 radical (unpaired) electrons. The molecular weight excluding hydrogens is 202 g/mol. The summed E-state index contributed by atoms with van der Waals surface area (Å²) in [5.41, 5.74) is 0.283. The standard InChI is InChI=1S/C13H19NO2/c1-10(2)13(3,4)16-12(15)14-11-8-6-5-7-9-11/h5-10H,1-4H3,(H,14,15). The molecule has 16 heavy (non-hydrogen) atoms. The summed E-state index contributed by atoms with van der Waals surface area (Å²) in [6.07, 6.45) is -0.412. The summed E-state index contributed by atoms with van der Waals surface area (Å²) in [7, 11) is 0. The van der Waals surface area contributed by atoms with Gasteiger partial charge in [0.25, 0.3) is 0 Å². The molecule has 0 spiro atoms. The molecule has 3 nitrogen and oxygen atoms in total. The van der Waals surface area contributed by atoms with Gasteiger partial charge in [0.2, 0.25) is 0 Å². The number of carbonyl (C=O) groups is 1. The van der Waals surface area contributed by atoms with E-state index in [2.05, 4.69) is 5.32 Å². The lowest BCUT2D eigenvalue weighted by atomic mass is 9.95. The maximum absolute atomic E-state index is 11.6. The molecule has 1 rings (SSSR count). The van der Waals surface area contributed by atoms with Crippen molar-refractivity contribution in [1.82, 2.24) is 0 Å². The maximum atomic E-state index is 11.6. The number of nitrogens with one attached hydrogen (secondary N) is 1. The molecule has 1 aromatic rings. The van der Waals surface area contributed by atoms with Crippen LogP contribution in [0.15, 0.2) is 30.3 Å². The lowest BCUT2D eigenvalue weighted by molar-refractivity contribution is 0.0134. The van der Waals surface area contributed by atoms with Crippen LogP contribution in [0, 0.1) is 5.92 Å². The Bertz CT molecular complexity index is 344. The van der Waals surface area contributed by atoms with Crippen molar-refractivity contribution in [1.29, 1.82) is 0 Å². The molecule has 0 saturated heterocycles. The van der Waals surface area contributed by atoms with Gasteiger partial charge in [-0.3, -0.25) is 5.32 Å². The number of hydrogen-bond acceptors (Lipinski definition) is 2. The summed E-state index contributed by atoms with van der Waals surface area (Å²) < 4.78 is 5.35. The Labute approximate surface area is 96.8 Å². The van der Waals surface area contributed by atoms with Crippen LogP contribution in [0.3, 0.4) is 0 Å². The van der Waals surface area contributed by atoms with Gasteiger partial charge in [0.15, 0.2) is 0 Å². The fourth-order valence-corrected chi connectivity index (χ4v) is 1.02. The van der Waals surface area contributed by atoms with E-state index in [4.69, 9.17) is 4.74 Å². The van der Waals surface area contributed by atoms with E-state index < -0.39 is 11.7 Å². The highest BCUT2D eigenvalue weighted by Gasteiger charge is 2.26. The van der Waals surface area contributed by atoms with E-state index >= 15 is 0 Å².